The van der Waals surface area contributed by atoms with Gasteiger partial charge >= 0.3 is 0 Å². The number of carbonyl (C=O) groups is 2. The highest BCUT2D eigenvalue weighted by Gasteiger charge is 2.43. The molecule has 0 unspecified atom stereocenters. The highest BCUT2D eigenvalue weighted by Crippen LogP contribution is 2.50. The van der Waals surface area contributed by atoms with Gasteiger partial charge in [0.05, 0.1) is 28.8 Å². The van der Waals surface area contributed by atoms with E-state index in [1.165, 1.54) is 12.1 Å². The van der Waals surface area contributed by atoms with Crippen LogP contribution < -0.4 is 10.6 Å². The molecule has 3 aliphatic carbocycles. The van der Waals surface area contributed by atoms with E-state index in [-0.39, 0.29) is 56.8 Å². The molecule has 5 rings (SSSR count). The molecule has 39 heavy (non-hydrogen) atoms. The third-order valence-corrected chi connectivity index (χ3v) is 9.86. The van der Waals surface area contributed by atoms with E-state index >= 15 is 4.39 Å². The van der Waals surface area contributed by atoms with Gasteiger partial charge in [-0.05, 0) is 68.1 Å². The lowest BCUT2D eigenvalue weighted by atomic mass is 9.76. The molecule has 0 saturated heterocycles. The molecule has 5 nitrogen and oxygen atoms in total. The van der Waals surface area contributed by atoms with Crippen LogP contribution in [-0.4, -0.2) is 24.0 Å². The van der Waals surface area contributed by atoms with Crippen LogP contribution in [-0.2, 0) is 20.9 Å². The van der Waals surface area contributed by atoms with Gasteiger partial charge in [-0.2, -0.15) is 0 Å². The third kappa shape index (κ3) is 6.44. The van der Waals surface area contributed by atoms with Crippen molar-refractivity contribution in [2.45, 2.75) is 89.5 Å². The first-order chi connectivity index (χ1) is 18.7. The second-order valence-corrected chi connectivity index (χ2v) is 12.6. The first-order valence-corrected chi connectivity index (χ1v) is 14.9. The molecule has 0 aromatic heterocycles. The summed E-state index contributed by atoms with van der Waals surface area (Å²) in [6.45, 7) is 2.65. The number of hydrogen-bond acceptors (Lipinski definition) is 3. The predicted molar refractivity (Wildman–Crippen MR) is 151 cm³/mol. The molecule has 2 aromatic carbocycles. The minimum atomic E-state index is -0.560. The fraction of sp³-hybridized carbons (Fsp3) is 0.548. The summed E-state index contributed by atoms with van der Waals surface area (Å²) in [5, 5.41) is 6.77. The SMILES string of the molecule is CC1([C@H](NC(=O)[C@H]2CC[C@@H](NC(=O)C3CC(OCc4ccccc4)C3)C2)c2c(F)ccc(Cl)c2Cl)CCCC1. The van der Waals surface area contributed by atoms with Crippen LogP contribution in [0.3, 0.4) is 0 Å². The fourth-order valence-electron chi connectivity index (χ4n) is 6.51. The largest absolute Gasteiger partial charge is 0.373 e. The van der Waals surface area contributed by atoms with Gasteiger partial charge in [-0.1, -0.05) is 73.3 Å². The van der Waals surface area contributed by atoms with Crippen molar-refractivity contribution in [1.29, 1.82) is 0 Å². The molecular weight excluding hydrogens is 538 g/mol. The van der Waals surface area contributed by atoms with E-state index in [0.717, 1.165) is 50.5 Å². The Morgan fingerprint density at radius 3 is 2.44 bits per heavy atom. The van der Waals surface area contributed by atoms with Crippen LogP contribution in [0.4, 0.5) is 4.39 Å². The minimum absolute atomic E-state index is 0.0375. The number of benzene rings is 2. The minimum Gasteiger partial charge on any atom is -0.373 e. The standard InChI is InChI=1S/C31H37Cl2FN2O3/c1-31(13-5-6-14-31)28(26-25(34)12-11-24(32)27(26)33)36-29(37)20-9-10-22(15-20)35-30(38)21-16-23(17-21)39-18-19-7-3-2-4-8-19/h2-4,7-8,11-12,20-23,28H,5-6,9-10,13-18H2,1H3,(H,35,38)(H,36,37)/t20-,21?,22+,23?,28+/m0/s1. The van der Waals surface area contributed by atoms with Crippen LogP contribution in [0.1, 0.15) is 81.9 Å². The normalized spacial score (nSPS) is 26.6. The van der Waals surface area contributed by atoms with Gasteiger partial charge in [0.25, 0.3) is 0 Å². The predicted octanol–water partition coefficient (Wildman–Crippen LogP) is 7.15. The summed E-state index contributed by atoms with van der Waals surface area (Å²) < 4.78 is 21.0. The number of amides is 2. The molecule has 0 spiro atoms. The van der Waals surface area contributed by atoms with Crippen LogP contribution in [0.5, 0.6) is 0 Å². The lowest BCUT2D eigenvalue weighted by Crippen LogP contribution is -2.45. The molecule has 2 N–H and O–H groups in total. The first-order valence-electron chi connectivity index (χ1n) is 14.1. The van der Waals surface area contributed by atoms with Gasteiger partial charge in [-0.15, -0.1) is 0 Å². The van der Waals surface area contributed by atoms with Crippen molar-refractivity contribution < 1.29 is 18.7 Å². The van der Waals surface area contributed by atoms with Gasteiger partial charge in [-0.25, -0.2) is 4.39 Å². The molecule has 3 atom stereocenters. The topological polar surface area (TPSA) is 67.4 Å². The summed E-state index contributed by atoms with van der Waals surface area (Å²) in [5.41, 5.74) is 1.10. The Bertz CT molecular complexity index is 1180. The fourth-order valence-corrected chi connectivity index (χ4v) is 6.93. The maximum absolute atomic E-state index is 15.1. The van der Waals surface area contributed by atoms with Crippen molar-refractivity contribution in [2.24, 2.45) is 17.3 Å². The summed E-state index contributed by atoms with van der Waals surface area (Å²) in [7, 11) is 0. The van der Waals surface area contributed by atoms with E-state index in [0.29, 0.717) is 19.4 Å². The lowest BCUT2D eigenvalue weighted by molar-refractivity contribution is -0.135. The molecule has 0 aliphatic heterocycles. The molecule has 2 aromatic rings. The van der Waals surface area contributed by atoms with Gasteiger partial charge in [0.2, 0.25) is 11.8 Å². The van der Waals surface area contributed by atoms with Gasteiger partial charge < -0.3 is 15.4 Å². The summed E-state index contributed by atoms with van der Waals surface area (Å²) >= 11 is 12.7. The molecule has 3 aliphatic rings. The molecule has 8 heteroatoms. The molecule has 0 heterocycles. The highest BCUT2D eigenvalue weighted by molar-refractivity contribution is 6.42. The Labute approximate surface area is 240 Å². The Hall–Kier alpha value is -2.15. The third-order valence-electron chi connectivity index (χ3n) is 9.04. The Balaban J connectivity index is 1.14. The highest BCUT2D eigenvalue weighted by atomic mass is 35.5. The van der Waals surface area contributed by atoms with Gasteiger partial charge in [0.15, 0.2) is 0 Å². The van der Waals surface area contributed by atoms with Crippen molar-refractivity contribution in [3.05, 3.63) is 69.5 Å². The summed E-state index contributed by atoms with van der Waals surface area (Å²) in [6, 6.07) is 12.2. The smallest absolute Gasteiger partial charge is 0.223 e. The number of carbonyl (C=O) groups excluding carboxylic acids is 2. The zero-order valence-corrected chi connectivity index (χ0v) is 23.9. The summed E-state index contributed by atoms with van der Waals surface area (Å²) in [5.74, 6) is -0.806. The van der Waals surface area contributed by atoms with Crippen molar-refractivity contribution in [3.8, 4) is 0 Å². The van der Waals surface area contributed by atoms with E-state index in [9.17, 15) is 9.59 Å². The van der Waals surface area contributed by atoms with Gasteiger partial charge in [0.1, 0.15) is 5.82 Å². The molecule has 3 fully saturated rings. The molecular formula is C31H37Cl2FN2O3. The lowest BCUT2D eigenvalue weighted by Gasteiger charge is -2.36. The number of halogens is 3. The van der Waals surface area contributed by atoms with E-state index in [4.69, 9.17) is 27.9 Å². The van der Waals surface area contributed by atoms with Crippen LogP contribution in [0.2, 0.25) is 10.0 Å². The molecule has 3 saturated carbocycles. The number of ether oxygens (including phenoxy) is 1. The first kappa shape index (κ1) is 28.4. The number of rotatable bonds is 9. The van der Waals surface area contributed by atoms with Crippen LogP contribution in [0.25, 0.3) is 0 Å². The van der Waals surface area contributed by atoms with E-state index < -0.39 is 11.9 Å². The number of nitrogens with one attached hydrogen (secondary N) is 2. The molecule has 0 bridgehead atoms. The molecule has 210 valence electrons. The van der Waals surface area contributed by atoms with Crippen LogP contribution in [0, 0.1) is 23.1 Å². The number of hydrogen-bond donors (Lipinski definition) is 2. The van der Waals surface area contributed by atoms with Crippen LogP contribution in [0.15, 0.2) is 42.5 Å². The van der Waals surface area contributed by atoms with Crippen LogP contribution >= 0.6 is 23.2 Å². The van der Waals surface area contributed by atoms with Crippen molar-refractivity contribution in [3.63, 3.8) is 0 Å². The quantitative estimate of drug-likeness (QED) is 0.312. The molecule has 2 amide bonds. The maximum atomic E-state index is 15.1. The van der Waals surface area contributed by atoms with Gasteiger partial charge in [0, 0.05) is 23.4 Å². The monoisotopic (exact) mass is 574 g/mol. The van der Waals surface area contributed by atoms with Crippen molar-refractivity contribution in [2.75, 3.05) is 0 Å². The molecule has 0 radical (unpaired) electrons. The van der Waals surface area contributed by atoms with E-state index in [1.807, 2.05) is 30.3 Å². The van der Waals surface area contributed by atoms with Crippen molar-refractivity contribution >= 4 is 35.0 Å². The second kappa shape index (κ2) is 12.2. The zero-order valence-electron chi connectivity index (χ0n) is 22.4. The van der Waals surface area contributed by atoms with E-state index in [2.05, 4.69) is 17.6 Å². The zero-order chi connectivity index (χ0) is 27.6. The summed E-state index contributed by atoms with van der Waals surface area (Å²) in [6.07, 6.45) is 7.37. The van der Waals surface area contributed by atoms with Gasteiger partial charge in [-0.3, -0.25) is 9.59 Å². The average molecular weight is 576 g/mol. The van der Waals surface area contributed by atoms with Crippen molar-refractivity contribution in [1.82, 2.24) is 10.6 Å². The maximum Gasteiger partial charge on any atom is 0.223 e. The van der Waals surface area contributed by atoms with E-state index in [1.54, 1.807) is 0 Å². The summed E-state index contributed by atoms with van der Waals surface area (Å²) in [4.78, 5) is 26.3. The average Bonchev–Trinajstić information content (AvgIpc) is 3.55. The Kier molecular flexibility index (Phi) is 8.85. The Morgan fingerprint density at radius 2 is 1.72 bits per heavy atom. The Morgan fingerprint density at radius 1 is 1.00 bits per heavy atom. The second-order valence-electron chi connectivity index (χ2n) is 11.9.